The zero-order valence-corrected chi connectivity index (χ0v) is 8.40. The van der Waals surface area contributed by atoms with E-state index in [-0.39, 0.29) is 0 Å². The van der Waals surface area contributed by atoms with Gasteiger partial charge in [0.15, 0.2) is 0 Å². The highest BCUT2D eigenvalue weighted by atomic mass is 14.9. The maximum absolute atomic E-state index is 3.54. The molecule has 0 radical (unpaired) electrons. The van der Waals surface area contributed by atoms with E-state index in [1.165, 1.54) is 38.8 Å². The number of hydrogen-bond acceptors (Lipinski definition) is 1. The summed E-state index contributed by atoms with van der Waals surface area (Å²) in [5.41, 5.74) is 0.766. The maximum atomic E-state index is 3.54. The van der Waals surface area contributed by atoms with Gasteiger partial charge < -0.3 is 5.32 Å². The second-order valence-corrected chi connectivity index (χ2v) is 5.28. The molecule has 1 atom stereocenters. The Kier molecular flexibility index (Phi) is 2.16. The van der Waals surface area contributed by atoms with Crippen LogP contribution in [0.2, 0.25) is 0 Å². The molecule has 70 valence electrons. The van der Waals surface area contributed by atoms with E-state index in [0.717, 1.165) is 17.3 Å². The Labute approximate surface area is 75.9 Å². The highest BCUT2D eigenvalue weighted by Crippen LogP contribution is 2.52. The summed E-state index contributed by atoms with van der Waals surface area (Å²) < 4.78 is 0. The SMILES string of the molecule is CC1CNCCC2(C1)CC(C)C2. The second kappa shape index (κ2) is 3.02. The van der Waals surface area contributed by atoms with Gasteiger partial charge in [-0.1, -0.05) is 13.8 Å². The van der Waals surface area contributed by atoms with Gasteiger partial charge >= 0.3 is 0 Å². The highest BCUT2D eigenvalue weighted by Gasteiger charge is 2.42. The van der Waals surface area contributed by atoms with Crippen LogP contribution < -0.4 is 5.32 Å². The van der Waals surface area contributed by atoms with Crippen LogP contribution in [0.15, 0.2) is 0 Å². The van der Waals surface area contributed by atoms with E-state index in [2.05, 4.69) is 19.2 Å². The molecule has 1 heterocycles. The van der Waals surface area contributed by atoms with Crippen molar-refractivity contribution >= 4 is 0 Å². The summed E-state index contributed by atoms with van der Waals surface area (Å²) in [7, 11) is 0. The summed E-state index contributed by atoms with van der Waals surface area (Å²) in [6, 6.07) is 0. The van der Waals surface area contributed by atoms with E-state index in [1.807, 2.05) is 0 Å². The topological polar surface area (TPSA) is 12.0 Å². The predicted molar refractivity (Wildman–Crippen MR) is 52.1 cm³/mol. The molecule has 2 aliphatic rings. The van der Waals surface area contributed by atoms with Crippen LogP contribution in [0.3, 0.4) is 0 Å². The van der Waals surface area contributed by atoms with Crippen LogP contribution in [0.1, 0.15) is 39.5 Å². The minimum atomic E-state index is 0.766. The Balaban J connectivity index is 1.96. The number of nitrogens with one attached hydrogen (secondary N) is 1. The lowest BCUT2D eigenvalue weighted by molar-refractivity contribution is 0.0410. The summed E-state index contributed by atoms with van der Waals surface area (Å²) in [6.45, 7) is 7.30. The molecule has 0 aromatic carbocycles. The zero-order chi connectivity index (χ0) is 8.60. The van der Waals surface area contributed by atoms with Crippen LogP contribution in [0, 0.1) is 17.3 Å². The van der Waals surface area contributed by atoms with Crippen molar-refractivity contribution in [1.82, 2.24) is 5.32 Å². The second-order valence-electron chi connectivity index (χ2n) is 5.28. The lowest BCUT2D eigenvalue weighted by Crippen LogP contribution is -2.37. The van der Waals surface area contributed by atoms with Gasteiger partial charge in [-0.05, 0) is 56.0 Å². The van der Waals surface area contributed by atoms with Gasteiger partial charge in [-0.3, -0.25) is 0 Å². The van der Waals surface area contributed by atoms with Crippen LogP contribution >= 0.6 is 0 Å². The average molecular weight is 167 g/mol. The fourth-order valence-electron chi connectivity index (χ4n) is 3.40. The molecule has 0 aromatic rings. The molecule has 1 spiro atoms. The molecule has 1 unspecified atom stereocenters. The number of rotatable bonds is 0. The Hall–Kier alpha value is -0.0400. The van der Waals surface area contributed by atoms with Gasteiger partial charge in [0.05, 0.1) is 0 Å². The van der Waals surface area contributed by atoms with Crippen LogP contribution in [-0.2, 0) is 0 Å². The first-order chi connectivity index (χ1) is 5.70. The van der Waals surface area contributed by atoms with Gasteiger partial charge in [-0.2, -0.15) is 0 Å². The molecule has 2 fully saturated rings. The molecular formula is C11H21N. The summed E-state index contributed by atoms with van der Waals surface area (Å²) in [4.78, 5) is 0. The smallest absolute Gasteiger partial charge is 0.00229 e. The van der Waals surface area contributed by atoms with Crippen molar-refractivity contribution < 1.29 is 0 Å². The van der Waals surface area contributed by atoms with E-state index in [1.54, 1.807) is 0 Å². The van der Waals surface area contributed by atoms with Crippen molar-refractivity contribution in [2.45, 2.75) is 39.5 Å². The lowest BCUT2D eigenvalue weighted by atomic mass is 9.58. The molecule has 1 heteroatoms. The van der Waals surface area contributed by atoms with Gasteiger partial charge in [-0.15, -0.1) is 0 Å². The Morgan fingerprint density at radius 2 is 1.75 bits per heavy atom. The molecule has 0 bridgehead atoms. The average Bonchev–Trinajstić information content (AvgIpc) is 2.10. The van der Waals surface area contributed by atoms with E-state index in [0.29, 0.717) is 0 Å². The van der Waals surface area contributed by atoms with E-state index < -0.39 is 0 Å². The standard InChI is InChI=1S/C11H21N/c1-9-5-11(6-9)3-4-12-8-10(2)7-11/h9-10,12H,3-8H2,1-2H3. The molecule has 1 aliphatic heterocycles. The first kappa shape index (κ1) is 8.55. The number of hydrogen-bond donors (Lipinski definition) is 1. The molecule has 1 saturated heterocycles. The third kappa shape index (κ3) is 1.52. The molecule has 1 N–H and O–H groups in total. The molecule has 0 aromatic heterocycles. The molecule has 1 nitrogen and oxygen atoms in total. The van der Waals surface area contributed by atoms with E-state index >= 15 is 0 Å². The predicted octanol–water partition coefficient (Wildman–Crippen LogP) is 2.42. The summed E-state index contributed by atoms with van der Waals surface area (Å²) >= 11 is 0. The highest BCUT2D eigenvalue weighted by molar-refractivity contribution is 4.94. The monoisotopic (exact) mass is 167 g/mol. The molecule has 2 rings (SSSR count). The van der Waals surface area contributed by atoms with Gasteiger partial charge in [0, 0.05) is 0 Å². The Morgan fingerprint density at radius 1 is 1.08 bits per heavy atom. The van der Waals surface area contributed by atoms with Crippen LogP contribution in [0.5, 0.6) is 0 Å². The van der Waals surface area contributed by atoms with Gasteiger partial charge in [0.1, 0.15) is 0 Å². The molecule has 0 amide bonds. The van der Waals surface area contributed by atoms with Crippen LogP contribution in [0.25, 0.3) is 0 Å². The quantitative estimate of drug-likeness (QED) is 0.584. The van der Waals surface area contributed by atoms with E-state index in [4.69, 9.17) is 0 Å². The fraction of sp³-hybridized carbons (Fsp3) is 1.00. The third-order valence-electron chi connectivity index (χ3n) is 3.67. The van der Waals surface area contributed by atoms with Gasteiger partial charge in [0.2, 0.25) is 0 Å². The Bertz CT molecular complexity index is 158. The summed E-state index contributed by atoms with van der Waals surface area (Å²) in [6.07, 6.45) is 5.91. The van der Waals surface area contributed by atoms with Crippen molar-refractivity contribution in [3.8, 4) is 0 Å². The Morgan fingerprint density at radius 3 is 2.42 bits per heavy atom. The normalized spacial score (nSPS) is 48.5. The zero-order valence-electron chi connectivity index (χ0n) is 8.40. The summed E-state index contributed by atoms with van der Waals surface area (Å²) in [5.74, 6) is 1.91. The van der Waals surface area contributed by atoms with Crippen molar-refractivity contribution in [3.05, 3.63) is 0 Å². The third-order valence-corrected chi connectivity index (χ3v) is 3.67. The maximum Gasteiger partial charge on any atom is -0.00229 e. The van der Waals surface area contributed by atoms with E-state index in [9.17, 15) is 0 Å². The first-order valence-electron chi connectivity index (χ1n) is 5.41. The lowest BCUT2D eigenvalue weighted by Gasteiger charge is -2.47. The van der Waals surface area contributed by atoms with Crippen molar-refractivity contribution in [3.63, 3.8) is 0 Å². The van der Waals surface area contributed by atoms with Crippen molar-refractivity contribution in [2.75, 3.05) is 13.1 Å². The summed E-state index contributed by atoms with van der Waals surface area (Å²) in [5, 5.41) is 3.54. The van der Waals surface area contributed by atoms with Crippen molar-refractivity contribution in [1.29, 1.82) is 0 Å². The minimum Gasteiger partial charge on any atom is -0.316 e. The molecular weight excluding hydrogens is 146 g/mol. The van der Waals surface area contributed by atoms with Crippen LogP contribution in [-0.4, -0.2) is 13.1 Å². The minimum absolute atomic E-state index is 0.766. The molecule has 1 saturated carbocycles. The fourth-order valence-corrected chi connectivity index (χ4v) is 3.40. The van der Waals surface area contributed by atoms with Gasteiger partial charge in [-0.25, -0.2) is 0 Å². The first-order valence-corrected chi connectivity index (χ1v) is 5.41. The van der Waals surface area contributed by atoms with Crippen molar-refractivity contribution in [2.24, 2.45) is 17.3 Å². The molecule has 1 aliphatic carbocycles. The van der Waals surface area contributed by atoms with Gasteiger partial charge in [0.25, 0.3) is 0 Å². The molecule has 12 heavy (non-hydrogen) atoms. The largest absolute Gasteiger partial charge is 0.316 e. The van der Waals surface area contributed by atoms with Crippen LogP contribution in [0.4, 0.5) is 0 Å².